The second-order valence-corrected chi connectivity index (χ2v) is 7.61. The number of anilines is 2. The minimum absolute atomic E-state index is 0.0382. The van der Waals surface area contributed by atoms with Gasteiger partial charge in [-0.15, -0.1) is 0 Å². The fourth-order valence-electron chi connectivity index (χ4n) is 3.04. The summed E-state index contributed by atoms with van der Waals surface area (Å²) in [5, 5.41) is 15.0. The van der Waals surface area contributed by atoms with E-state index in [0.717, 1.165) is 10.0 Å². The zero-order valence-corrected chi connectivity index (χ0v) is 18.9. The van der Waals surface area contributed by atoms with E-state index >= 15 is 0 Å². The molecule has 0 atom stereocenters. The third-order valence-corrected chi connectivity index (χ3v) is 4.95. The maximum atomic E-state index is 12.0. The maximum absolute atomic E-state index is 12.0. The number of nitrogens with zero attached hydrogens (tertiary/aromatic N) is 4. The molecule has 32 heavy (non-hydrogen) atoms. The summed E-state index contributed by atoms with van der Waals surface area (Å²) >= 11 is 3.41. The quantitative estimate of drug-likeness (QED) is 0.231. The van der Waals surface area contributed by atoms with Gasteiger partial charge < -0.3 is 19.4 Å². The molecule has 0 bridgehead atoms. The number of hydrogen-bond acceptors (Lipinski definition) is 9. The van der Waals surface area contributed by atoms with Crippen LogP contribution in [0.5, 0.6) is 0 Å². The summed E-state index contributed by atoms with van der Waals surface area (Å²) < 4.78 is 11.3. The standard InChI is InChI=1S/C21H22BrN5O5/c1-2-31-18(28)8-9-26(13-17-7-4-10-32-17)21-19(27(29)30)20(24-14-25-21)23-12-15-5-3-6-16(22)11-15/h3-7,10-11,14H,2,8-9,12-13H2,1H3,(H,23,24,25). The molecule has 2 aromatic heterocycles. The van der Waals surface area contributed by atoms with Crippen molar-refractivity contribution >= 4 is 39.2 Å². The van der Waals surface area contributed by atoms with Gasteiger partial charge >= 0.3 is 11.7 Å². The Labute approximate surface area is 192 Å². The van der Waals surface area contributed by atoms with E-state index in [4.69, 9.17) is 9.15 Å². The number of nitrogens with one attached hydrogen (secondary N) is 1. The zero-order valence-electron chi connectivity index (χ0n) is 17.4. The molecular weight excluding hydrogens is 482 g/mol. The van der Waals surface area contributed by atoms with Crippen LogP contribution in [0.4, 0.5) is 17.3 Å². The van der Waals surface area contributed by atoms with Crippen LogP contribution in [0.15, 0.2) is 57.9 Å². The summed E-state index contributed by atoms with van der Waals surface area (Å²) in [6, 6.07) is 11.0. The molecule has 11 heteroatoms. The second kappa shape index (κ2) is 11.2. The predicted molar refractivity (Wildman–Crippen MR) is 121 cm³/mol. The van der Waals surface area contributed by atoms with E-state index in [1.54, 1.807) is 24.0 Å². The Bertz CT molecular complexity index is 1060. The van der Waals surface area contributed by atoms with Gasteiger partial charge in [0.25, 0.3) is 0 Å². The van der Waals surface area contributed by atoms with Crippen LogP contribution in [-0.2, 0) is 22.6 Å². The highest BCUT2D eigenvalue weighted by Gasteiger charge is 2.28. The zero-order chi connectivity index (χ0) is 22.9. The van der Waals surface area contributed by atoms with Gasteiger partial charge in [-0.05, 0) is 36.8 Å². The SMILES string of the molecule is CCOC(=O)CCN(Cc1ccco1)c1ncnc(NCc2cccc(Br)c2)c1[N+](=O)[O-]. The van der Waals surface area contributed by atoms with Gasteiger partial charge in [0.2, 0.25) is 11.6 Å². The first-order valence-electron chi connectivity index (χ1n) is 9.88. The summed E-state index contributed by atoms with van der Waals surface area (Å²) in [5.41, 5.74) is 0.640. The van der Waals surface area contributed by atoms with Gasteiger partial charge in [-0.25, -0.2) is 9.97 Å². The molecule has 0 aliphatic rings. The number of ether oxygens (including phenoxy) is 1. The maximum Gasteiger partial charge on any atom is 0.353 e. The normalized spacial score (nSPS) is 10.6. The number of nitro groups is 1. The molecule has 1 aromatic carbocycles. The van der Waals surface area contributed by atoms with E-state index in [1.165, 1.54) is 12.6 Å². The Morgan fingerprint density at radius 3 is 2.84 bits per heavy atom. The Hall–Kier alpha value is -3.47. The lowest BCUT2D eigenvalue weighted by Crippen LogP contribution is -2.28. The third kappa shape index (κ3) is 6.27. The van der Waals surface area contributed by atoms with Crippen molar-refractivity contribution in [1.82, 2.24) is 9.97 Å². The molecule has 1 N–H and O–H groups in total. The molecule has 3 rings (SSSR count). The fraction of sp³-hybridized carbons (Fsp3) is 0.286. The Kier molecular flexibility index (Phi) is 8.14. The van der Waals surface area contributed by atoms with E-state index in [2.05, 4.69) is 31.2 Å². The molecule has 0 radical (unpaired) electrons. The van der Waals surface area contributed by atoms with Crippen molar-refractivity contribution in [2.24, 2.45) is 0 Å². The number of rotatable bonds is 11. The van der Waals surface area contributed by atoms with Crippen LogP contribution in [0.2, 0.25) is 0 Å². The predicted octanol–water partition coefficient (Wildman–Crippen LogP) is 4.31. The molecule has 3 aromatic rings. The van der Waals surface area contributed by atoms with Crippen LogP contribution in [0.25, 0.3) is 0 Å². The fourth-order valence-corrected chi connectivity index (χ4v) is 3.49. The number of benzene rings is 1. The minimum atomic E-state index is -0.530. The Morgan fingerprint density at radius 2 is 2.16 bits per heavy atom. The largest absolute Gasteiger partial charge is 0.467 e. The van der Waals surface area contributed by atoms with Crippen LogP contribution in [0.3, 0.4) is 0 Å². The molecule has 0 fully saturated rings. The number of esters is 1. The van der Waals surface area contributed by atoms with Crippen LogP contribution >= 0.6 is 15.9 Å². The van der Waals surface area contributed by atoms with Crippen molar-refractivity contribution in [3.05, 3.63) is 74.9 Å². The molecule has 0 aliphatic carbocycles. The summed E-state index contributed by atoms with van der Waals surface area (Å²) in [7, 11) is 0. The lowest BCUT2D eigenvalue weighted by atomic mass is 10.2. The lowest BCUT2D eigenvalue weighted by Gasteiger charge is -2.22. The smallest absolute Gasteiger partial charge is 0.353 e. The molecule has 0 unspecified atom stereocenters. The van der Waals surface area contributed by atoms with Crippen LogP contribution in [0.1, 0.15) is 24.7 Å². The molecule has 10 nitrogen and oxygen atoms in total. The molecule has 0 spiro atoms. The molecule has 2 heterocycles. The molecule has 0 saturated heterocycles. The monoisotopic (exact) mass is 503 g/mol. The molecule has 0 saturated carbocycles. The van der Waals surface area contributed by atoms with Crippen molar-refractivity contribution < 1.29 is 18.9 Å². The summed E-state index contributed by atoms with van der Waals surface area (Å²) in [5.74, 6) is 0.343. The van der Waals surface area contributed by atoms with Crippen molar-refractivity contribution in [3.8, 4) is 0 Å². The second-order valence-electron chi connectivity index (χ2n) is 6.69. The van der Waals surface area contributed by atoms with Crippen LogP contribution < -0.4 is 10.2 Å². The average Bonchev–Trinajstić information content (AvgIpc) is 3.28. The highest BCUT2D eigenvalue weighted by Crippen LogP contribution is 2.33. The molecular formula is C21H22BrN5O5. The van der Waals surface area contributed by atoms with Gasteiger partial charge in [0.15, 0.2) is 0 Å². The summed E-state index contributed by atoms with van der Waals surface area (Å²) in [6.07, 6.45) is 2.81. The molecule has 0 amide bonds. The van der Waals surface area contributed by atoms with Crippen LogP contribution in [0, 0.1) is 10.1 Å². The van der Waals surface area contributed by atoms with E-state index < -0.39 is 10.9 Å². The number of hydrogen-bond donors (Lipinski definition) is 1. The first-order valence-corrected chi connectivity index (χ1v) is 10.7. The first-order chi connectivity index (χ1) is 15.5. The molecule has 0 aliphatic heterocycles. The number of aromatic nitrogens is 2. The van der Waals surface area contributed by atoms with Crippen molar-refractivity contribution in [1.29, 1.82) is 0 Å². The van der Waals surface area contributed by atoms with Crippen molar-refractivity contribution in [2.45, 2.75) is 26.4 Å². The van der Waals surface area contributed by atoms with Gasteiger partial charge in [-0.3, -0.25) is 14.9 Å². The average molecular weight is 504 g/mol. The summed E-state index contributed by atoms with van der Waals surface area (Å²) in [4.78, 5) is 33.2. The van der Waals surface area contributed by atoms with E-state index in [0.29, 0.717) is 12.3 Å². The highest BCUT2D eigenvalue weighted by molar-refractivity contribution is 9.10. The van der Waals surface area contributed by atoms with Crippen molar-refractivity contribution in [3.63, 3.8) is 0 Å². The summed E-state index contributed by atoms with van der Waals surface area (Å²) in [6.45, 7) is 2.65. The van der Waals surface area contributed by atoms with E-state index in [9.17, 15) is 14.9 Å². The van der Waals surface area contributed by atoms with E-state index in [-0.39, 0.29) is 43.4 Å². The van der Waals surface area contributed by atoms with Gasteiger partial charge in [0.1, 0.15) is 12.1 Å². The number of carbonyl (C=O) groups excluding carboxylic acids is 1. The lowest BCUT2D eigenvalue weighted by molar-refractivity contribution is -0.383. The third-order valence-electron chi connectivity index (χ3n) is 4.45. The highest BCUT2D eigenvalue weighted by atomic mass is 79.9. The minimum Gasteiger partial charge on any atom is -0.467 e. The number of carbonyl (C=O) groups is 1. The van der Waals surface area contributed by atoms with E-state index in [1.807, 2.05) is 24.3 Å². The topological polar surface area (TPSA) is 124 Å². The van der Waals surface area contributed by atoms with Gasteiger partial charge in [0, 0.05) is 17.6 Å². The van der Waals surface area contributed by atoms with Gasteiger partial charge in [-0.1, -0.05) is 28.1 Å². The first kappa shape index (κ1) is 23.2. The van der Waals surface area contributed by atoms with Crippen LogP contribution in [-0.4, -0.2) is 34.0 Å². The van der Waals surface area contributed by atoms with Gasteiger partial charge in [-0.2, -0.15) is 0 Å². The number of furan rings is 1. The Morgan fingerprint density at radius 1 is 1.31 bits per heavy atom. The Balaban J connectivity index is 1.89. The molecule has 168 valence electrons. The number of halogens is 1. The van der Waals surface area contributed by atoms with Gasteiger partial charge in [0.05, 0.1) is 30.8 Å². The van der Waals surface area contributed by atoms with Crippen molar-refractivity contribution in [2.75, 3.05) is 23.4 Å².